The fourth-order valence-electron chi connectivity index (χ4n) is 2.31. The number of non-ortho nitro benzene ring substituents is 1. The van der Waals surface area contributed by atoms with Gasteiger partial charge in [0.25, 0.3) is 11.6 Å². The molecule has 7 heteroatoms. The predicted octanol–water partition coefficient (Wildman–Crippen LogP) is 4.07. The number of rotatable bonds is 3. The topological polar surface area (TPSA) is 85.1 Å². The molecule has 0 atom stereocenters. The number of nitrogens with one attached hydrogen (secondary N) is 1. The molecule has 0 saturated heterocycles. The third-order valence-corrected chi connectivity index (χ3v) is 4.36. The number of aryl methyl sites for hydroxylation is 2. The van der Waals surface area contributed by atoms with Gasteiger partial charge in [0.05, 0.1) is 15.1 Å². The second-order valence-electron chi connectivity index (χ2n) is 5.20. The van der Waals surface area contributed by atoms with Gasteiger partial charge < -0.3 is 0 Å². The molecule has 3 aromatic rings. The monoisotopic (exact) mass is 327 g/mol. The number of nitro groups is 1. The highest BCUT2D eigenvalue weighted by molar-refractivity contribution is 7.22. The van der Waals surface area contributed by atoms with E-state index in [1.54, 1.807) is 12.1 Å². The molecule has 2 aromatic carbocycles. The van der Waals surface area contributed by atoms with E-state index in [0.717, 1.165) is 11.1 Å². The minimum atomic E-state index is -0.451. The Balaban J connectivity index is 1.89. The van der Waals surface area contributed by atoms with Crippen LogP contribution in [-0.4, -0.2) is 15.8 Å². The smallest absolute Gasteiger partial charge is 0.270 e. The quantitative estimate of drug-likeness (QED) is 0.580. The Morgan fingerprint density at radius 2 is 2.00 bits per heavy atom. The molecular formula is C16H13N3O3S. The number of carbonyl (C=O) groups is 1. The number of hydrogen-bond acceptors (Lipinski definition) is 5. The number of fused-ring (bicyclic) bond motifs is 1. The molecule has 0 unspecified atom stereocenters. The highest BCUT2D eigenvalue weighted by Crippen LogP contribution is 2.29. The van der Waals surface area contributed by atoms with E-state index in [1.165, 1.54) is 23.5 Å². The van der Waals surface area contributed by atoms with Crippen LogP contribution in [0.3, 0.4) is 0 Å². The molecule has 3 rings (SSSR count). The highest BCUT2D eigenvalue weighted by atomic mass is 32.1. The van der Waals surface area contributed by atoms with Gasteiger partial charge in [0.15, 0.2) is 5.13 Å². The molecule has 0 aliphatic rings. The zero-order valence-corrected chi connectivity index (χ0v) is 13.3. The van der Waals surface area contributed by atoms with Gasteiger partial charge in [0.1, 0.15) is 0 Å². The fraction of sp³-hybridized carbons (Fsp3) is 0.125. The zero-order valence-electron chi connectivity index (χ0n) is 12.5. The first-order chi connectivity index (χ1) is 10.9. The molecule has 6 nitrogen and oxygen atoms in total. The summed E-state index contributed by atoms with van der Waals surface area (Å²) in [5.74, 6) is -0.240. The lowest BCUT2D eigenvalue weighted by molar-refractivity contribution is -0.384. The van der Waals surface area contributed by atoms with Crippen LogP contribution < -0.4 is 5.32 Å². The van der Waals surface area contributed by atoms with Crippen molar-refractivity contribution in [3.63, 3.8) is 0 Å². The van der Waals surface area contributed by atoms with E-state index in [2.05, 4.69) is 10.3 Å². The molecule has 0 saturated carbocycles. The molecule has 0 radical (unpaired) electrons. The van der Waals surface area contributed by atoms with E-state index in [-0.39, 0.29) is 11.6 Å². The van der Waals surface area contributed by atoms with E-state index >= 15 is 0 Å². The number of nitro benzene ring substituents is 1. The van der Waals surface area contributed by atoms with Crippen molar-refractivity contribution in [2.75, 3.05) is 5.32 Å². The number of carbonyl (C=O) groups excluding carboxylic acids is 1. The van der Waals surface area contributed by atoms with Crippen molar-refractivity contribution < 1.29 is 9.72 Å². The standard InChI is InChI=1S/C16H13N3O3S/c1-9-3-5-12(10(2)7-9)15(20)18-16-17-13-6-4-11(19(21)22)8-14(13)23-16/h3-8H,1-2H3,(H,17,18,20). The molecule has 1 amide bonds. The number of anilines is 1. The van der Waals surface area contributed by atoms with E-state index in [1.807, 2.05) is 26.0 Å². The van der Waals surface area contributed by atoms with Crippen molar-refractivity contribution in [1.29, 1.82) is 0 Å². The minimum Gasteiger partial charge on any atom is -0.298 e. The summed E-state index contributed by atoms with van der Waals surface area (Å²) in [5.41, 5.74) is 3.19. The van der Waals surface area contributed by atoms with E-state index in [0.29, 0.717) is 20.9 Å². The number of nitrogens with zero attached hydrogens (tertiary/aromatic N) is 2. The van der Waals surface area contributed by atoms with Crippen LogP contribution in [0.15, 0.2) is 36.4 Å². The van der Waals surface area contributed by atoms with Crippen LogP contribution in [0.25, 0.3) is 10.2 Å². The van der Waals surface area contributed by atoms with Gasteiger partial charge in [-0.05, 0) is 31.5 Å². The van der Waals surface area contributed by atoms with Crippen molar-refractivity contribution in [2.24, 2.45) is 0 Å². The Bertz CT molecular complexity index is 933. The van der Waals surface area contributed by atoms with E-state index in [4.69, 9.17) is 0 Å². The van der Waals surface area contributed by atoms with Crippen molar-refractivity contribution in [1.82, 2.24) is 4.98 Å². The van der Waals surface area contributed by atoms with Crippen molar-refractivity contribution in [2.45, 2.75) is 13.8 Å². The number of aromatic nitrogens is 1. The molecule has 1 N–H and O–H groups in total. The second kappa shape index (κ2) is 5.77. The number of hydrogen-bond donors (Lipinski definition) is 1. The molecule has 0 spiro atoms. The Kier molecular flexibility index (Phi) is 3.79. The van der Waals surface area contributed by atoms with Gasteiger partial charge in [-0.15, -0.1) is 0 Å². The molecular weight excluding hydrogens is 314 g/mol. The van der Waals surface area contributed by atoms with E-state index < -0.39 is 4.92 Å². The highest BCUT2D eigenvalue weighted by Gasteiger charge is 2.14. The minimum absolute atomic E-state index is 0.00778. The van der Waals surface area contributed by atoms with Crippen LogP contribution in [0.4, 0.5) is 10.8 Å². The molecule has 0 fully saturated rings. The summed E-state index contributed by atoms with van der Waals surface area (Å²) in [6.45, 7) is 3.85. The van der Waals surface area contributed by atoms with Gasteiger partial charge >= 0.3 is 0 Å². The molecule has 116 valence electrons. The zero-order chi connectivity index (χ0) is 16.6. The third-order valence-electron chi connectivity index (χ3n) is 3.43. The van der Waals surface area contributed by atoms with Gasteiger partial charge in [-0.25, -0.2) is 4.98 Å². The summed E-state index contributed by atoms with van der Waals surface area (Å²) in [5, 5.41) is 14.0. The lowest BCUT2D eigenvalue weighted by Gasteiger charge is -2.06. The first kappa shape index (κ1) is 15.1. The van der Waals surface area contributed by atoms with Crippen LogP contribution in [0.2, 0.25) is 0 Å². The fourth-order valence-corrected chi connectivity index (χ4v) is 3.21. The molecule has 0 aliphatic carbocycles. The second-order valence-corrected chi connectivity index (χ2v) is 6.23. The average molecular weight is 327 g/mol. The number of amides is 1. The Labute approximate surface area is 135 Å². The van der Waals surface area contributed by atoms with Crippen LogP contribution >= 0.6 is 11.3 Å². The summed E-state index contributed by atoms with van der Waals surface area (Å²) < 4.78 is 0.662. The third kappa shape index (κ3) is 3.04. The van der Waals surface area contributed by atoms with Crippen LogP contribution in [-0.2, 0) is 0 Å². The van der Waals surface area contributed by atoms with Crippen molar-refractivity contribution in [3.05, 3.63) is 63.2 Å². The largest absolute Gasteiger partial charge is 0.298 e. The summed E-state index contributed by atoms with van der Waals surface area (Å²) in [7, 11) is 0. The normalized spacial score (nSPS) is 10.7. The van der Waals surface area contributed by atoms with E-state index in [9.17, 15) is 14.9 Å². The first-order valence-electron chi connectivity index (χ1n) is 6.87. The van der Waals surface area contributed by atoms with Gasteiger partial charge in [-0.3, -0.25) is 20.2 Å². The molecule has 1 aromatic heterocycles. The number of benzene rings is 2. The maximum absolute atomic E-state index is 12.3. The van der Waals surface area contributed by atoms with Gasteiger partial charge in [-0.2, -0.15) is 0 Å². The maximum Gasteiger partial charge on any atom is 0.270 e. The van der Waals surface area contributed by atoms with Gasteiger partial charge in [0.2, 0.25) is 0 Å². The Morgan fingerprint density at radius 1 is 1.22 bits per heavy atom. The molecule has 0 aliphatic heterocycles. The lowest BCUT2D eigenvalue weighted by atomic mass is 10.1. The maximum atomic E-state index is 12.3. The van der Waals surface area contributed by atoms with Crippen molar-refractivity contribution >= 4 is 38.3 Å². The molecule has 23 heavy (non-hydrogen) atoms. The van der Waals surface area contributed by atoms with Crippen LogP contribution in [0, 0.1) is 24.0 Å². The van der Waals surface area contributed by atoms with Crippen LogP contribution in [0.5, 0.6) is 0 Å². The lowest BCUT2D eigenvalue weighted by Crippen LogP contribution is -2.13. The Hall–Kier alpha value is -2.80. The summed E-state index contributed by atoms with van der Waals surface area (Å²) in [6.07, 6.45) is 0. The SMILES string of the molecule is Cc1ccc(C(=O)Nc2nc3ccc([N+](=O)[O-])cc3s2)c(C)c1. The van der Waals surface area contributed by atoms with Crippen molar-refractivity contribution in [3.8, 4) is 0 Å². The number of thiazole rings is 1. The van der Waals surface area contributed by atoms with Gasteiger partial charge in [-0.1, -0.05) is 29.0 Å². The first-order valence-corrected chi connectivity index (χ1v) is 7.69. The average Bonchev–Trinajstić information content (AvgIpc) is 2.87. The summed E-state index contributed by atoms with van der Waals surface area (Å²) >= 11 is 1.21. The summed E-state index contributed by atoms with van der Waals surface area (Å²) in [6, 6.07) is 10.0. The van der Waals surface area contributed by atoms with Crippen LogP contribution in [0.1, 0.15) is 21.5 Å². The molecule has 1 heterocycles. The molecule has 0 bridgehead atoms. The predicted molar refractivity (Wildman–Crippen MR) is 90.1 cm³/mol. The van der Waals surface area contributed by atoms with Gasteiger partial charge in [0, 0.05) is 17.7 Å². The summed E-state index contributed by atoms with van der Waals surface area (Å²) in [4.78, 5) is 27.0. The Morgan fingerprint density at radius 3 is 2.70 bits per heavy atom.